The molecule has 1 aliphatic carbocycles. The topological polar surface area (TPSA) is 52.7 Å². The van der Waals surface area contributed by atoms with E-state index in [1.165, 1.54) is 33.0 Å². The second-order valence-corrected chi connectivity index (χ2v) is 13.6. The van der Waals surface area contributed by atoms with Crippen LogP contribution in [0.3, 0.4) is 0 Å². The van der Waals surface area contributed by atoms with Crippen LogP contribution >= 0.6 is 0 Å². The first-order valence-corrected chi connectivity index (χ1v) is 16.7. The molecule has 0 amide bonds. The van der Waals surface area contributed by atoms with E-state index in [2.05, 4.69) is 123 Å². The molecule has 2 heterocycles. The molecule has 0 aliphatic heterocycles. The Morgan fingerprint density at radius 1 is 0.490 bits per heavy atom. The van der Waals surface area contributed by atoms with Crippen molar-refractivity contribution in [2.75, 3.05) is 0 Å². The van der Waals surface area contributed by atoms with Gasteiger partial charge in [0.1, 0.15) is 0 Å². The van der Waals surface area contributed by atoms with Crippen LogP contribution in [0.25, 0.3) is 78.0 Å². The lowest BCUT2D eigenvalue weighted by Gasteiger charge is -2.22. The molecule has 0 fully saturated rings. The van der Waals surface area contributed by atoms with Crippen molar-refractivity contribution >= 4 is 21.8 Å². The summed E-state index contributed by atoms with van der Waals surface area (Å²) in [5.41, 5.74) is 13.8. The van der Waals surface area contributed by atoms with E-state index in [-0.39, 0.29) is 11.1 Å². The van der Waals surface area contributed by atoms with Crippen molar-refractivity contribution in [1.29, 1.82) is 0 Å². The summed E-state index contributed by atoms with van der Waals surface area (Å²) in [4.78, 5) is 22.9. The molecule has 5 nitrogen and oxygen atoms in total. The summed E-state index contributed by atoms with van der Waals surface area (Å²) in [7, 11) is 3.63. The second-order valence-electron chi connectivity index (χ2n) is 13.6. The summed E-state index contributed by atoms with van der Waals surface area (Å²) in [5.74, 6) is 0.687. The van der Waals surface area contributed by atoms with Gasteiger partial charge in [-0.25, -0.2) is 14.8 Å². The van der Waals surface area contributed by atoms with E-state index >= 15 is 0 Å². The van der Waals surface area contributed by atoms with Crippen LogP contribution in [0, 0.1) is 0 Å². The molecule has 0 unspecified atom stereocenters. The first-order valence-electron chi connectivity index (χ1n) is 16.7. The molecule has 0 N–H and O–H groups in total. The van der Waals surface area contributed by atoms with Crippen molar-refractivity contribution in [1.82, 2.24) is 19.1 Å². The highest BCUT2D eigenvalue weighted by Gasteiger charge is 2.36. The standard InChI is InChI=1S/C44H34N4O/c1-44(2)36-19-17-33(23-34(36)35-22-29-13-8-9-14-30(29)24-37(35)44)39-26-38(45-42(46-39)27-11-6-5-7-12-27)32-16-10-15-28(21-32)31-18-20-40-41(25-31)48(4)43(49)47(40)3/h5-26H,1-4H3. The predicted molar refractivity (Wildman–Crippen MR) is 201 cm³/mol. The van der Waals surface area contributed by atoms with Crippen LogP contribution in [0.1, 0.15) is 25.0 Å². The highest BCUT2D eigenvalue weighted by Crippen LogP contribution is 2.50. The van der Waals surface area contributed by atoms with E-state index in [0.717, 1.165) is 50.2 Å². The zero-order valence-electron chi connectivity index (χ0n) is 27.9. The van der Waals surface area contributed by atoms with Gasteiger partial charge in [-0.3, -0.25) is 9.13 Å². The van der Waals surface area contributed by atoms with E-state index < -0.39 is 0 Å². The molecule has 0 radical (unpaired) electrons. The Morgan fingerprint density at radius 3 is 1.86 bits per heavy atom. The molecule has 1 aliphatic rings. The molecular formula is C44H34N4O. The Bertz CT molecular complexity index is 2680. The van der Waals surface area contributed by atoms with Crippen LogP contribution in [0.4, 0.5) is 0 Å². The van der Waals surface area contributed by atoms with Crippen molar-refractivity contribution in [2.24, 2.45) is 14.1 Å². The highest BCUT2D eigenvalue weighted by atomic mass is 16.1. The maximum Gasteiger partial charge on any atom is 0.328 e. The fraction of sp³-hybridized carbons (Fsp3) is 0.114. The molecule has 2 aromatic heterocycles. The van der Waals surface area contributed by atoms with Gasteiger partial charge in [-0.2, -0.15) is 0 Å². The maximum atomic E-state index is 12.6. The molecule has 6 aromatic carbocycles. The summed E-state index contributed by atoms with van der Waals surface area (Å²) in [6.45, 7) is 4.65. The van der Waals surface area contributed by atoms with Crippen molar-refractivity contribution < 1.29 is 0 Å². The van der Waals surface area contributed by atoms with Crippen molar-refractivity contribution in [3.63, 3.8) is 0 Å². The Labute approximate surface area is 284 Å². The van der Waals surface area contributed by atoms with E-state index in [9.17, 15) is 4.79 Å². The number of hydrogen-bond donors (Lipinski definition) is 0. The number of benzene rings is 6. The first kappa shape index (κ1) is 29.1. The third kappa shape index (κ3) is 4.57. The van der Waals surface area contributed by atoms with E-state index in [1.807, 2.05) is 38.4 Å². The smallest absolute Gasteiger partial charge is 0.295 e. The fourth-order valence-corrected chi connectivity index (χ4v) is 7.60. The zero-order valence-corrected chi connectivity index (χ0v) is 27.9. The van der Waals surface area contributed by atoms with Crippen molar-refractivity contribution in [3.05, 3.63) is 155 Å². The molecule has 0 bridgehead atoms. The molecule has 9 rings (SSSR count). The van der Waals surface area contributed by atoms with Crippen molar-refractivity contribution in [2.45, 2.75) is 19.3 Å². The van der Waals surface area contributed by atoms with E-state index in [1.54, 1.807) is 9.13 Å². The molecule has 236 valence electrons. The summed E-state index contributed by atoms with van der Waals surface area (Å²) in [6, 6.07) is 47.1. The second kappa shape index (κ2) is 10.7. The SMILES string of the molecule is Cn1c(=O)n(C)c2cc(-c3cccc(-c4cc(-c5ccc6c(c5)-c5cc7ccccc7cc5C6(C)C)nc(-c5ccccc5)n4)c3)ccc21. The molecule has 5 heteroatoms. The number of hydrogen-bond acceptors (Lipinski definition) is 3. The number of aryl methyl sites for hydroxylation is 2. The normalized spacial score (nSPS) is 13.1. The van der Waals surface area contributed by atoms with Gasteiger partial charge in [0.2, 0.25) is 0 Å². The molecule has 8 aromatic rings. The van der Waals surface area contributed by atoms with Crippen LogP contribution < -0.4 is 5.69 Å². The zero-order chi connectivity index (χ0) is 33.4. The van der Waals surface area contributed by atoms with Gasteiger partial charge in [-0.1, -0.05) is 105 Å². The molecule has 0 saturated carbocycles. The minimum Gasteiger partial charge on any atom is -0.295 e. The molecule has 0 saturated heterocycles. The Hall–Kier alpha value is -6.07. The third-order valence-corrected chi connectivity index (χ3v) is 10.4. The maximum absolute atomic E-state index is 12.6. The lowest BCUT2D eigenvalue weighted by atomic mass is 9.81. The molecule has 0 spiro atoms. The lowest BCUT2D eigenvalue weighted by Crippen LogP contribution is -2.19. The van der Waals surface area contributed by atoms with Gasteiger partial charge in [0.05, 0.1) is 22.4 Å². The quantitative estimate of drug-likeness (QED) is 0.194. The van der Waals surface area contributed by atoms with Crippen LogP contribution in [-0.2, 0) is 19.5 Å². The van der Waals surface area contributed by atoms with Crippen molar-refractivity contribution in [3.8, 4) is 56.2 Å². The average molecular weight is 635 g/mol. The summed E-state index contributed by atoms with van der Waals surface area (Å²) >= 11 is 0. The predicted octanol–water partition coefficient (Wildman–Crippen LogP) is 9.79. The fourth-order valence-electron chi connectivity index (χ4n) is 7.60. The Balaban J connectivity index is 1.19. The largest absolute Gasteiger partial charge is 0.328 e. The van der Waals surface area contributed by atoms with Crippen LogP contribution in [0.2, 0.25) is 0 Å². The van der Waals surface area contributed by atoms with Gasteiger partial charge in [0.25, 0.3) is 0 Å². The number of aromatic nitrogens is 4. The molecule has 49 heavy (non-hydrogen) atoms. The van der Waals surface area contributed by atoms with Gasteiger partial charge < -0.3 is 0 Å². The van der Waals surface area contributed by atoms with E-state index in [0.29, 0.717) is 5.82 Å². The van der Waals surface area contributed by atoms with Gasteiger partial charge in [0.15, 0.2) is 5.82 Å². The van der Waals surface area contributed by atoms with Gasteiger partial charge in [0, 0.05) is 36.2 Å². The van der Waals surface area contributed by atoms with Gasteiger partial charge >= 0.3 is 5.69 Å². The minimum absolute atomic E-state index is 0.0326. The van der Waals surface area contributed by atoms with Crippen LogP contribution in [0.15, 0.2) is 138 Å². The number of nitrogens with zero attached hydrogens (tertiary/aromatic N) is 4. The van der Waals surface area contributed by atoms with Crippen LogP contribution in [0.5, 0.6) is 0 Å². The van der Waals surface area contributed by atoms with Gasteiger partial charge in [-0.15, -0.1) is 0 Å². The lowest BCUT2D eigenvalue weighted by molar-refractivity contribution is 0.661. The monoisotopic (exact) mass is 634 g/mol. The molecular weight excluding hydrogens is 601 g/mol. The summed E-state index contributed by atoms with van der Waals surface area (Å²) in [5, 5.41) is 2.52. The number of rotatable bonds is 4. The average Bonchev–Trinajstić information content (AvgIpc) is 3.50. The number of imidazole rings is 1. The van der Waals surface area contributed by atoms with Gasteiger partial charge in [-0.05, 0) is 86.6 Å². The Morgan fingerprint density at radius 2 is 1.08 bits per heavy atom. The summed E-state index contributed by atoms with van der Waals surface area (Å²) in [6.07, 6.45) is 0. The Kier molecular flexibility index (Phi) is 6.37. The first-order chi connectivity index (χ1) is 23.8. The number of fused-ring (bicyclic) bond motifs is 5. The third-order valence-electron chi connectivity index (χ3n) is 10.4. The molecule has 0 atom stereocenters. The van der Waals surface area contributed by atoms with Crippen LogP contribution in [-0.4, -0.2) is 19.1 Å². The minimum atomic E-state index is -0.102. The highest BCUT2D eigenvalue weighted by molar-refractivity contribution is 5.94. The summed E-state index contributed by atoms with van der Waals surface area (Å²) < 4.78 is 3.38. The van der Waals surface area contributed by atoms with E-state index in [4.69, 9.17) is 9.97 Å².